The zero-order valence-electron chi connectivity index (χ0n) is 12.3. The van der Waals surface area contributed by atoms with Crippen molar-refractivity contribution < 1.29 is 4.79 Å². The molecule has 6 heteroatoms. The van der Waals surface area contributed by atoms with Gasteiger partial charge >= 0.3 is 0 Å². The van der Waals surface area contributed by atoms with Crippen LogP contribution in [0.1, 0.15) is 23.1 Å². The van der Waals surface area contributed by atoms with E-state index in [9.17, 15) is 4.79 Å². The van der Waals surface area contributed by atoms with Gasteiger partial charge in [0.2, 0.25) is 0 Å². The summed E-state index contributed by atoms with van der Waals surface area (Å²) in [5.74, 6) is 0.0646. The molecular formula is C15H19ClN4O. The molecule has 0 N–H and O–H groups in total. The summed E-state index contributed by atoms with van der Waals surface area (Å²) in [7, 11) is 2.08. The Labute approximate surface area is 129 Å². The first-order chi connectivity index (χ1) is 10.1. The molecule has 1 aliphatic heterocycles. The number of pyridine rings is 1. The van der Waals surface area contributed by atoms with Crippen molar-refractivity contribution >= 4 is 23.2 Å². The number of nitrogens with zero attached hydrogens (tertiary/aromatic N) is 4. The molecule has 0 bridgehead atoms. The van der Waals surface area contributed by atoms with Crippen LogP contribution >= 0.6 is 11.6 Å². The van der Waals surface area contributed by atoms with E-state index >= 15 is 0 Å². The lowest BCUT2D eigenvalue weighted by Gasteiger charge is -2.32. The Morgan fingerprint density at radius 1 is 1.33 bits per heavy atom. The van der Waals surface area contributed by atoms with E-state index in [1.807, 2.05) is 22.4 Å². The maximum absolute atomic E-state index is 12.9. The Hall–Kier alpha value is -1.59. The minimum atomic E-state index is 0.0646. The van der Waals surface area contributed by atoms with E-state index in [0.29, 0.717) is 10.7 Å². The molecule has 112 valence electrons. The molecule has 0 atom stereocenters. The molecule has 3 rings (SSSR count). The second kappa shape index (κ2) is 5.66. The number of aromatic nitrogens is 2. The third kappa shape index (κ3) is 2.63. The highest BCUT2D eigenvalue weighted by molar-refractivity contribution is 6.30. The molecule has 21 heavy (non-hydrogen) atoms. The molecule has 1 saturated heterocycles. The molecule has 0 radical (unpaired) electrons. The van der Waals surface area contributed by atoms with Crippen LogP contribution in [0.2, 0.25) is 5.02 Å². The largest absolute Gasteiger partial charge is 0.335 e. The van der Waals surface area contributed by atoms with Gasteiger partial charge in [0, 0.05) is 43.5 Å². The maximum Gasteiger partial charge on any atom is 0.272 e. The Balaban J connectivity index is 2.00. The average Bonchev–Trinajstić information content (AvgIpc) is 2.84. The van der Waals surface area contributed by atoms with Crippen LogP contribution in [-0.2, 0) is 6.42 Å². The Morgan fingerprint density at radius 2 is 2.05 bits per heavy atom. The predicted octanol–water partition coefficient (Wildman–Crippen LogP) is 1.94. The van der Waals surface area contributed by atoms with Gasteiger partial charge in [0.15, 0.2) is 0 Å². The number of imidazole rings is 1. The Bertz CT molecular complexity index is 674. The lowest BCUT2D eigenvalue weighted by atomic mass is 10.2. The molecule has 0 unspecified atom stereocenters. The van der Waals surface area contributed by atoms with E-state index in [1.165, 1.54) is 0 Å². The van der Waals surface area contributed by atoms with Crippen LogP contribution in [0.25, 0.3) is 5.65 Å². The number of likely N-dealkylation sites (N-methyl/N-ethyl adjacent to an activating group) is 1. The van der Waals surface area contributed by atoms with E-state index in [0.717, 1.165) is 43.9 Å². The Morgan fingerprint density at radius 3 is 2.71 bits per heavy atom. The van der Waals surface area contributed by atoms with Crippen molar-refractivity contribution in [3.05, 3.63) is 34.7 Å². The summed E-state index contributed by atoms with van der Waals surface area (Å²) in [5, 5.41) is 0.633. The third-order valence-electron chi connectivity index (χ3n) is 3.99. The van der Waals surface area contributed by atoms with E-state index in [4.69, 9.17) is 11.6 Å². The van der Waals surface area contributed by atoms with Crippen molar-refractivity contribution in [3.8, 4) is 0 Å². The standard InChI is InChI=1S/C15H19ClN4O/c1-3-12-14(15(21)19-8-6-18(2)7-9-19)20-5-4-11(16)10-13(20)17-12/h4-5,10H,3,6-9H2,1-2H3. The summed E-state index contributed by atoms with van der Waals surface area (Å²) in [6.45, 7) is 5.37. The second-order valence-corrected chi connectivity index (χ2v) is 5.87. The fraction of sp³-hybridized carbons (Fsp3) is 0.467. The number of hydrogen-bond acceptors (Lipinski definition) is 3. The first kappa shape index (κ1) is 14.4. The molecule has 0 spiro atoms. The zero-order valence-corrected chi connectivity index (χ0v) is 13.1. The van der Waals surface area contributed by atoms with Gasteiger partial charge < -0.3 is 9.80 Å². The van der Waals surface area contributed by atoms with Crippen LogP contribution in [0, 0.1) is 0 Å². The third-order valence-corrected chi connectivity index (χ3v) is 4.22. The minimum Gasteiger partial charge on any atom is -0.335 e. The highest BCUT2D eigenvalue weighted by atomic mass is 35.5. The molecule has 0 aromatic carbocycles. The molecule has 0 saturated carbocycles. The normalized spacial score (nSPS) is 16.6. The van der Waals surface area contributed by atoms with Crippen molar-refractivity contribution in [2.45, 2.75) is 13.3 Å². The molecule has 1 aliphatic rings. The van der Waals surface area contributed by atoms with Crippen LogP contribution in [0.4, 0.5) is 0 Å². The van der Waals surface area contributed by atoms with Crippen LogP contribution in [-0.4, -0.2) is 58.3 Å². The highest BCUT2D eigenvalue weighted by Gasteiger charge is 2.25. The summed E-state index contributed by atoms with van der Waals surface area (Å²) in [6, 6.07) is 3.58. The quantitative estimate of drug-likeness (QED) is 0.851. The molecule has 1 fully saturated rings. The van der Waals surface area contributed by atoms with Crippen LogP contribution in [0.15, 0.2) is 18.3 Å². The fourth-order valence-corrected chi connectivity index (χ4v) is 2.85. The number of carbonyl (C=O) groups excluding carboxylic acids is 1. The van der Waals surface area contributed by atoms with E-state index < -0.39 is 0 Å². The molecular weight excluding hydrogens is 288 g/mol. The van der Waals surface area contributed by atoms with Gasteiger partial charge in [-0.3, -0.25) is 9.20 Å². The van der Waals surface area contributed by atoms with Gasteiger partial charge in [-0.1, -0.05) is 18.5 Å². The first-order valence-corrected chi connectivity index (χ1v) is 7.62. The van der Waals surface area contributed by atoms with Crippen LogP contribution in [0.5, 0.6) is 0 Å². The molecule has 5 nitrogen and oxygen atoms in total. The molecule has 3 heterocycles. The summed E-state index contributed by atoms with van der Waals surface area (Å²) < 4.78 is 1.85. The van der Waals surface area contributed by atoms with Crippen LogP contribution in [0.3, 0.4) is 0 Å². The van der Waals surface area contributed by atoms with E-state index in [2.05, 4.69) is 16.9 Å². The van der Waals surface area contributed by atoms with Gasteiger partial charge in [-0.2, -0.15) is 0 Å². The van der Waals surface area contributed by atoms with E-state index in [-0.39, 0.29) is 5.91 Å². The van der Waals surface area contributed by atoms with Crippen molar-refractivity contribution in [2.75, 3.05) is 33.2 Å². The monoisotopic (exact) mass is 306 g/mol. The smallest absolute Gasteiger partial charge is 0.272 e. The number of piperazine rings is 1. The van der Waals surface area contributed by atoms with Gasteiger partial charge in [-0.05, 0) is 19.5 Å². The van der Waals surface area contributed by atoms with Gasteiger partial charge in [0.05, 0.1) is 5.69 Å². The average molecular weight is 307 g/mol. The number of aryl methyl sites for hydroxylation is 1. The minimum absolute atomic E-state index is 0.0646. The molecule has 0 aliphatic carbocycles. The van der Waals surface area contributed by atoms with Crippen molar-refractivity contribution in [3.63, 3.8) is 0 Å². The lowest BCUT2D eigenvalue weighted by molar-refractivity contribution is 0.0656. The number of hydrogen-bond donors (Lipinski definition) is 0. The molecule has 2 aromatic rings. The number of rotatable bonds is 2. The summed E-state index contributed by atoms with van der Waals surface area (Å²) >= 11 is 6.01. The Kier molecular flexibility index (Phi) is 3.87. The molecule has 2 aromatic heterocycles. The summed E-state index contributed by atoms with van der Waals surface area (Å²) in [6.07, 6.45) is 2.56. The predicted molar refractivity (Wildman–Crippen MR) is 83.0 cm³/mol. The van der Waals surface area contributed by atoms with E-state index in [1.54, 1.807) is 12.1 Å². The van der Waals surface area contributed by atoms with Crippen LogP contribution < -0.4 is 0 Å². The number of amides is 1. The van der Waals surface area contributed by atoms with Crippen molar-refractivity contribution in [2.24, 2.45) is 0 Å². The fourth-order valence-electron chi connectivity index (χ4n) is 2.70. The zero-order chi connectivity index (χ0) is 15.0. The van der Waals surface area contributed by atoms with Gasteiger partial charge in [0.1, 0.15) is 11.3 Å². The number of fused-ring (bicyclic) bond motifs is 1. The maximum atomic E-state index is 12.9. The SMILES string of the molecule is CCc1nc2cc(Cl)ccn2c1C(=O)N1CCN(C)CC1. The number of carbonyl (C=O) groups is 1. The summed E-state index contributed by atoms with van der Waals surface area (Å²) in [5.41, 5.74) is 2.24. The summed E-state index contributed by atoms with van der Waals surface area (Å²) in [4.78, 5) is 21.6. The van der Waals surface area contributed by atoms with Gasteiger partial charge in [-0.15, -0.1) is 0 Å². The number of halogens is 1. The molecule has 1 amide bonds. The first-order valence-electron chi connectivity index (χ1n) is 7.24. The highest BCUT2D eigenvalue weighted by Crippen LogP contribution is 2.19. The van der Waals surface area contributed by atoms with Gasteiger partial charge in [-0.25, -0.2) is 4.98 Å². The van der Waals surface area contributed by atoms with Crippen molar-refractivity contribution in [1.82, 2.24) is 19.2 Å². The van der Waals surface area contributed by atoms with Crippen molar-refractivity contribution in [1.29, 1.82) is 0 Å². The second-order valence-electron chi connectivity index (χ2n) is 5.43. The topological polar surface area (TPSA) is 40.9 Å². The lowest BCUT2D eigenvalue weighted by Crippen LogP contribution is -2.47. The van der Waals surface area contributed by atoms with Gasteiger partial charge in [0.25, 0.3) is 5.91 Å².